The molecule has 3 aromatic rings. The van der Waals surface area contributed by atoms with Crippen molar-refractivity contribution in [2.75, 3.05) is 0 Å². The summed E-state index contributed by atoms with van der Waals surface area (Å²) in [4.78, 5) is 16.3. The van der Waals surface area contributed by atoms with Crippen LogP contribution in [0.3, 0.4) is 0 Å². The minimum Gasteiger partial charge on any atom is -0.346 e. The van der Waals surface area contributed by atoms with Crippen molar-refractivity contribution in [2.24, 2.45) is 0 Å². The Bertz CT molecular complexity index is 736. The van der Waals surface area contributed by atoms with E-state index in [0.717, 1.165) is 11.3 Å². The molecule has 0 fully saturated rings. The molecule has 2 heterocycles. The number of pyridine rings is 1. The minimum atomic E-state index is -0.101. The Morgan fingerprint density at radius 1 is 1.09 bits per heavy atom. The average Bonchev–Trinajstić information content (AvgIpc) is 3.10. The van der Waals surface area contributed by atoms with Gasteiger partial charge in [0, 0.05) is 30.4 Å². The fourth-order valence-electron chi connectivity index (χ4n) is 2.20. The molecule has 3 rings (SSSR count). The van der Waals surface area contributed by atoms with E-state index in [0.29, 0.717) is 5.56 Å². The molecular formula is C17H16N4O. The lowest BCUT2D eigenvalue weighted by Gasteiger charge is -2.14. The van der Waals surface area contributed by atoms with Crippen LogP contribution in [0.25, 0.3) is 5.69 Å². The van der Waals surface area contributed by atoms with Gasteiger partial charge in [-0.1, -0.05) is 0 Å². The van der Waals surface area contributed by atoms with Crippen LogP contribution in [0.1, 0.15) is 28.9 Å². The van der Waals surface area contributed by atoms with Gasteiger partial charge in [0.1, 0.15) is 0 Å². The minimum absolute atomic E-state index is 0.0682. The molecule has 1 amide bonds. The van der Waals surface area contributed by atoms with Crippen molar-refractivity contribution in [3.05, 3.63) is 78.4 Å². The van der Waals surface area contributed by atoms with Crippen molar-refractivity contribution in [2.45, 2.75) is 13.0 Å². The van der Waals surface area contributed by atoms with E-state index in [1.165, 1.54) is 0 Å². The number of benzene rings is 1. The van der Waals surface area contributed by atoms with E-state index in [2.05, 4.69) is 15.4 Å². The van der Waals surface area contributed by atoms with Crippen LogP contribution < -0.4 is 5.32 Å². The smallest absolute Gasteiger partial charge is 0.251 e. The van der Waals surface area contributed by atoms with E-state index in [1.807, 2.05) is 43.5 Å². The molecule has 1 aromatic carbocycles. The maximum Gasteiger partial charge on any atom is 0.251 e. The van der Waals surface area contributed by atoms with E-state index < -0.39 is 0 Å². The molecule has 2 aromatic heterocycles. The third kappa shape index (κ3) is 3.03. The number of aromatic nitrogens is 3. The van der Waals surface area contributed by atoms with Crippen LogP contribution in [0, 0.1) is 0 Å². The summed E-state index contributed by atoms with van der Waals surface area (Å²) >= 11 is 0. The quantitative estimate of drug-likeness (QED) is 0.804. The summed E-state index contributed by atoms with van der Waals surface area (Å²) in [6.07, 6.45) is 7.02. The molecule has 110 valence electrons. The molecule has 0 aliphatic carbocycles. The molecule has 1 atom stereocenters. The first kappa shape index (κ1) is 14.0. The van der Waals surface area contributed by atoms with Crippen LogP contribution in [-0.4, -0.2) is 20.7 Å². The van der Waals surface area contributed by atoms with Crippen molar-refractivity contribution >= 4 is 5.91 Å². The third-order valence-electron chi connectivity index (χ3n) is 3.45. The van der Waals surface area contributed by atoms with E-state index in [-0.39, 0.29) is 11.9 Å². The molecule has 0 saturated heterocycles. The SMILES string of the molecule is C[C@@H](NC(=O)c1ccc(-n2cccn2)cc1)c1ccncc1. The Hall–Kier alpha value is -2.95. The number of amides is 1. The van der Waals surface area contributed by atoms with Gasteiger partial charge in [-0.25, -0.2) is 4.68 Å². The maximum atomic E-state index is 12.3. The number of hydrogen-bond acceptors (Lipinski definition) is 3. The summed E-state index contributed by atoms with van der Waals surface area (Å²) in [7, 11) is 0. The van der Waals surface area contributed by atoms with E-state index in [4.69, 9.17) is 0 Å². The number of rotatable bonds is 4. The van der Waals surface area contributed by atoms with E-state index >= 15 is 0 Å². The van der Waals surface area contributed by atoms with Gasteiger partial charge in [0.2, 0.25) is 0 Å². The topological polar surface area (TPSA) is 59.8 Å². The Labute approximate surface area is 128 Å². The average molecular weight is 292 g/mol. The molecule has 22 heavy (non-hydrogen) atoms. The van der Waals surface area contributed by atoms with Crippen LogP contribution in [-0.2, 0) is 0 Å². The molecule has 5 nitrogen and oxygen atoms in total. The summed E-state index contributed by atoms with van der Waals surface area (Å²) in [6, 6.07) is 12.9. The predicted molar refractivity (Wildman–Crippen MR) is 83.7 cm³/mol. The second-order valence-electron chi connectivity index (χ2n) is 4.97. The van der Waals surface area contributed by atoms with Gasteiger partial charge in [-0.05, 0) is 55.0 Å². The summed E-state index contributed by atoms with van der Waals surface area (Å²) in [5.74, 6) is -0.101. The van der Waals surface area contributed by atoms with Gasteiger partial charge >= 0.3 is 0 Å². The lowest BCUT2D eigenvalue weighted by molar-refractivity contribution is 0.0940. The molecule has 0 spiro atoms. The summed E-state index contributed by atoms with van der Waals surface area (Å²) in [5.41, 5.74) is 2.57. The van der Waals surface area contributed by atoms with Crippen molar-refractivity contribution in [3.8, 4) is 5.69 Å². The van der Waals surface area contributed by atoms with Crippen molar-refractivity contribution in [1.29, 1.82) is 0 Å². The van der Waals surface area contributed by atoms with Gasteiger partial charge in [-0.2, -0.15) is 5.10 Å². The summed E-state index contributed by atoms with van der Waals surface area (Å²) in [5, 5.41) is 7.14. The second-order valence-corrected chi connectivity index (χ2v) is 4.97. The predicted octanol–water partition coefficient (Wildman–Crippen LogP) is 2.76. The van der Waals surface area contributed by atoms with Gasteiger partial charge in [0.05, 0.1) is 11.7 Å². The Morgan fingerprint density at radius 2 is 1.82 bits per heavy atom. The Kier molecular flexibility index (Phi) is 3.96. The summed E-state index contributed by atoms with van der Waals surface area (Å²) in [6.45, 7) is 1.95. The van der Waals surface area contributed by atoms with Crippen LogP contribution in [0.15, 0.2) is 67.3 Å². The molecule has 0 unspecified atom stereocenters. The first-order valence-electron chi connectivity index (χ1n) is 7.05. The fourth-order valence-corrected chi connectivity index (χ4v) is 2.20. The van der Waals surface area contributed by atoms with E-state index in [9.17, 15) is 4.79 Å². The second kappa shape index (κ2) is 6.22. The summed E-state index contributed by atoms with van der Waals surface area (Å²) < 4.78 is 1.75. The van der Waals surface area contributed by atoms with Crippen molar-refractivity contribution in [1.82, 2.24) is 20.1 Å². The normalized spacial score (nSPS) is 11.9. The highest BCUT2D eigenvalue weighted by atomic mass is 16.1. The zero-order valence-corrected chi connectivity index (χ0v) is 12.2. The first-order chi connectivity index (χ1) is 10.7. The largest absolute Gasteiger partial charge is 0.346 e. The van der Waals surface area contributed by atoms with Crippen molar-refractivity contribution in [3.63, 3.8) is 0 Å². The number of carbonyl (C=O) groups excluding carboxylic acids is 1. The van der Waals surface area contributed by atoms with Gasteiger partial charge in [0.15, 0.2) is 0 Å². The Balaban J connectivity index is 1.70. The fraction of sp³-hybridized carbons (Fsp3) is 0.118. The maximum absolute atomic E-state index is 12.3. The van der Waals surface area contributed by atoms with E-state index in [1.54, 1.807) is 35.4 Å². The van der Waals surface area contributed by atoms with Gasteiger partial charge < -0.3 is 5.32 Å². The first-order valence-corrected chi connectivity index (χ1v) is 7.05. The third-order valence-corrected chi connectivity index (χ3v) is 3.45. The lowest BCUT2D eigenvalue weighted by atomic mass is 10.1. The molecule has 5 heteroatoms. The number of nitrogens with one attached hydrogen (secondary N) is 1. The zero-order chi connectivity index (χ0) is 15.4. The molecule has 0 aliphatic heterocycles. The number of hydrogen-bond donors (Lipinski definition) is 1. The molecule has 0 aliphatic rings. The van der Waals surface area contributed by atoms with Crippen LogP contribution >= 0.6 is 0 Å². The van der Waals surface area contributed by atoms with Crippen molar-refractivity contribution < 1.29 is 4.79 Å². The highest BCUT2D eigenvalue weighted by Crippen LogP contribution is 2.13. The molecule has 0 saturated carbocycles. The van der Waals surface area contributed by atoms with Gasteiger partial charge in [-0.3, -0.25) is 9.78 Å². The monoisotopic (exact) mass is 292 g/mol. The van der Waals surface area contributed by atoms with Crippen LogP contribution in [0.5, 0.6) is 0 Å². The van der Waals surface area contributed by atoms with Gasteiger partial charge in [0.25, 0.3) is 5.91 Å². The van der Waals surface area contributed by atoms with Crippen LogP contribution in [0.4, 0.5) is 0 Å². The Morgan fingerprint density at radius 3 is 2.45 bits per heavy atom. The molecule has 0 bridgehead atoms. The number of nitrogens with zero attached hydrogens (tertiary/aromatic N) is 3. The lowest BCUT2D eigenvalue weighted by Crippen LogP contribution is -2.26. The molecule has 1 N–H and O–H groups in total. The van der Waals surface area contributed by atoms with Crippen LogP contribution in [0.2, 0.25) is 0 Å². The molecule has 0 radical (unpaired) electrons. The standard InChI is InChI=1S/C17H16N4O/c1-13(14-7-10-18-11-8-14)20-17(22)15-3-5-16(6-4-15)21-12-2-9-19-21/h2-13H,1H3,(H,20,22)/t13-/m1/s1. The molecular weight excluding hydrogens is 276 g/mol. The number of carbonyl (C=O) groups is 1. The highest BCUT2D eigenvalue weighted by Gasteiger charge is 2.11. The van der Waals surface area contributed by atoms with Gasteiger partial charge in [-0.15, -0.1) is 0 Å². The highest BCUT2D eigenvalue weighted by molar-refractivity contribution is 5.94. The zero-order valence-electron chi connectivity index (χ0n) is 12.2.